The number of benzene rings is 3. The van der Waals surface area contributed by atoms with Gasteiger partial charge < -0.3 is 37.9 Å². The maximum absolute atomic E-state index is 13.2. The quantitative estimate of drug-likeness (QED) is 0.0560. The molecule has 260 valence electrons. The Labute approximate surface area is 286 Å². The lowest BCUT2D eigenvalue weighted by molar-refractivity contribution is 0.0716. The molecule has 7 rings (SSSR count). The van der Waals surface area contributed by atoms with Crippen LogP contribution in [0, 0.1) is 0 Å². The summed E-state index contributed by atoms with van der Waals surface area (Å²) >= 11 is 0. The van der Waals surface area contributed by atoms with Crippen LogP contribution >= 0.6 is 0 Å². The third kappa shape index (κ3) is 9.19. The molecule has 3 aromatic rings. The maximum Gasteiger partial charge on any atom is 0.343 e. The van der Waals surface area contributed by atoms with Gasteiger partial charge in [0.1, 0.15) is 35.2 Å². The van der Waals surface area contributed by atoms with Crippen molar-refractivity contribution in [3.8, 4) is 23.0 Å². The summed E-state index contributed by atoms with van der Waals surface area (Å²) in [6.07, 6.45) is 7.18. The highest BCUT2D eigenvalue weighted by atomic mass is 16.6. The van der Waals surface area contributed by atoms with Gasteiger partial charge in [0.05, 0.1) is 50.8 Å². The molecule has 3 fully saturated rings. The summed E-state index contributed by atoms with van der Waals surface area (Å²) in [5.41, 5.74) is 2.85. The van der Waals surface area contributed by atoms with E-state index in [0.29, 0.717) is 73.8 Å². The van der Waals surface area contributed by atoms with Crippen molar-refractivity contribution < 1.29 is 47.5 Å². The van der Waals surface area contributed by atoms with E-state index in [1.807, 2.05) is 0 Å². The third-order valence-corrected chi connectivity index (χ3v) is 9.36. The first-order valence-electron chi connectivity index (χ1n) is 17.6. The first-order valence-corrected chi connectivity index (χ1v) is 17.6. The van der Waals surface area contributed by atoms with Crippen LogP contribution in [0.2, 0.25) is 0 Å². The van der Waals surface area contributed by atoms with Crippen molar-refractivity contribution >= 4 is 11.9 Å². The molecule has 2 saturated heterocycles. The van der Waals surface area contributed by atoms with Crippen molar-refractivity contribution in [2.75, 3.05) is 52.9 Å². The fourth-order valence-electron chi connectivity index (χ4n) is 6.57. The summed E-state index contributed by atoms with van der Waals surface area (Å²) in [7, 11) is 0. The number of unbranched alkanes of at least 4 members (excludes halogenated alkanes) is 2. The lowest BCUT2D eigenvalue weighted by Crippen LogP contribution is -2.14. The molecular formula is C39H44O10. The van der Waals surface area contributed by atoms with E-state index in [-0.39, 0.29) is 24.0 Å². The molecule has 4 aliphatic rings. The zero-order valence-electron chi connectivity index (χ0n) is 27.8. The molecule has 10 heteroatoms. The van der Waals surface area contributed by atoms with Crippen LogP contribution in [0.25, 0.3) is 0 Å². The Balaban J connectivity index is 0.893. The average Bonchev–Trinajstić information content (AvgIpc) is 4.06. The Morgan fingerprint density at radius 1 is 0.571 bits per heavy atom. The van der Waals surface area contributed by atoms with E-state index in [9.17, 15) is 9.59 Å². The van der Waals surface area contributed by atoms with Crippen LogP contribution in [0.5, 0.6) is 23.0 Å². The SMILES string of the molecule is O=C(Oc1ccc(OC(=O)c2ccc(OCCCCOCC3CO3)cc2)c2c1C1CCC2C1)c1ccc(OCCCCOCC2CO2)cc1. The molecular weight excluding hydrogens is 628 g/mol. The third-order valence-electron chi connectivity index (χ3n) is 9.36. The van der Waals surface area contributed by atoms with Crippen molar-refractivity contribution in [1.82, 2.24) is 0 Å². The van der Waals surface area contributed by atoms with Gasteiger partial charge in [0.15, 0.2) is 0 Å². The van der Waals surface area contributed by atoms with Crippen molar-refractivity contribution in [1.29, 1.82) is 0 Å². The summed E-state index contributed by atoms with van der Waals surface area (Å²) in [6.45, 7) is 5.50. The van der Waals surface area contributed by atoms with E-state index >= 15 is 0 Å². The molecule has 2 aliphatic heterocycles. The van der Waals surface area contributed by atoms with Gasteiger partial charge in [-0.25, -0.2) is 9.59 Å². The molecule has 2 bridgehead atoms. The molecule has 0 radical (unpaired) electrons. The van der Waals surface area contributed by atoms with Gasteiger partial charge in [0, 0.05) is 24.3 Å². The van der Waals surface area contributed by atoms with Gasteiger partial charge in [-0.15, -0.1) is 0 Å². The largest absolute Gasteiger partial charge is 0.494 e. The number of ether oxygens (including phenoxy) is 8. The summed E-state index contributed by atoms with van der Waals surface area (Å²) in [6, 6.07) is 17.5. The Bertz CT molecular complexity index is 1450. The minimum Gasteiger partial charge on any atom is -0.494 e. The monoisotopic (exact) mass is 672 g/mol. The van der Waals surface area contributed by atoms with Gasteiger partial charge in [-0.1, -0.05) is 0 Å². The van der Waals surface area contributed by atoms with E-state index in [2.05, 4.69) is 0 Å². The number of hydrogen-bond acceptors (Lipinski definition) is 10. The molecule has 3 aromatic carbocycles. The molecule has 4 atom stereocenters. The molecule has 49 heavy (non-hydrogen) atoms. The second-order valence-electron chi connectivity index (χ2n) is 13.1. The summed E-state index contributed by atoms with van der Waals surface area (Å²) < 4.78 is 44.9. The molecule has 0 aromatic heterocycles. The lowest BCUT2D eigenvalue weighted by Gasteiger charge is -2.21. The maximum atomic E-state index is 13.2. The van der Waals surface area contributed by atoms with Crippen LogP contribution in [0.3, 0.4) is 0 Å². The number of hydrogen-bond donors (Lipinski definition) is 0. The van der Waals surface area contributed by atoms with Crippen LogP contribution < -0.4 is 18.9 Å². The second kappa shape index (κ2) is 16.2. The predicted octanol–water partition coefficient (Wildman–Crippen LogP) is 6.64. The van der Waals surface area contributed by atoms with E-state index < -0.39 is 11.9 Å². The van der Waals surface area contributed by atoms with Crippen molar-refractivity contribution in [2.24, 2.45) is 0 Å². The van der Waals surface area contributed by atoms with Crippen LogP contribution in [0.15, 0.2) is 60.7 Å². The van der Waals surface area contributed by atoms with Crippen LogP contribution in [-0.4, -0.2) is 77.0 Å². The molecule has 2 aliphatic carbocycles. The minimum absolute atomic E-state index is 0.278. The standard InChI is InChI=1S/C39H44O10/c40-38(26-7-11-30(12-8-26)44-19-3-1-17-42-22-32-24-46-32)48-34-15-16-35(37-29-6-5-28(21-29)36(34)37)49-39(41)27-9-13-31(14-10-27)45-20-4-2-18-43-23-33-25-47-33/h7-16,28-29,32-33H,1-6,17-25H2. The fraction of sp³-hybridized carbons (Fsp3) is 0.487. The van der Waals surface area contributed by atoms with Crippen LogP contribution in [0.1, 0.15) is 88.6 Å². The zero-order valence-corrected chi connectivity index (χ0v) is 27.8. The Morgan fingerprint density at radius 2 is 0.980 bits per heavy atom. The Morgan fingerprint density at radius 3 is 1.39 bits per heavy atom. The highest BCUT2D eigenvalue weighted by Gasteiger charge is 2.42. The van der Waals surface area contributed by atoms with E-state index in [1.165, 1.54) is 0 Å². The van der Waals surface area contributed by atoms with Crippen LogP contribution in [0.4, 0.5) is 0 Å². The van der Waals surface area contributed by atoms with Crippen LogP contribution in [-0.2, 0) is 18.9 Å². The van der Waals surface area contributed by atoms with Crippen molar-refractivity contribution in [3.63, 3.8) is 0 Å². The van der Waals surface area contributed by atoms with Crippen molar-refractivity contribution in [2.45, 2.75) is 69.0 Å². The van der Waals surface area contributed by atoms with E-state index in [4.69, 9.17) is 37.9 Å². The molecule has 4 unspecified atom stereocenters. The molecule has 1 saturated carbocycles. The van der Waals surface area contributed by atoms with Gasteiger partial charge in [0.25, 0.3) is 0 Å². The normalized spacial score (nSPS) is 21.2. The van der Waals surface area contributed by atoms with Gasteiger partial charge in [-0.05, 0) is 117 Å². The minimum atomic E-state index is -0.433. The fourth-order valence-corrected chi connectivity index (χ4v) is 6.57. The number of fused-ring (bicyclic) bond motifs is 5. The molecule has 0 spiro atoms. The van der Waals surface area contributed by atoms with Gasteiger partial charge >= 0.3 is 11.9 Å². The summed E-state index contributed by atoms with van der Waals surface area (Å²) in [4.78, 5) is 26.4. The topological polar surface area (TPSA) is 115 Å². The smallest absolute Gasteiger partial charge is 0.343 e. The number of rotatable bonds is 20. The first kappa shape index (κ1) is 33.5. The average molecular weight is 673 g/mol. The molecule has 2 heterocycles. The Hall–Kier alpha value is -3.96. The first-order chi connectivity index (χ1) is 24.1. The van der Waals surface area contributed by atoms with E-state index in [1.54, 1.807) is 60.7 Å². The number of esters is 2. The van der Waals surface area contributed by atoms with Gasteiger partial charge in [-0.3, -0.25) is 0 Å². The molecule has 0 N–H and O–H groups in total. The van der Waals surface area contributed by atoms with E-state index in [0.717, 1.165) is 69.3 Å². The van der Waals surface area contributed by atoms with Gasteiger partial charge in [-0.2, -0.15) is 0 Å². The lowest BCUT2D eigenvalue weighted by atomic mass is 9.90. The number of carbonyl (C=O) groups excluding carboxylic acids is 2. The Kier molecular flexibility index (Phi) is 11.1. The highest BCUT2D eigenvalue weighted by molar-refractivity contribution is 5.92. The predicted molar refractivity (Wildman–Crippen MR) is 179 cm³/mol. The molecule has 10 nitrogen and oxygen atoms in total. The van der Waals surface area contributed by atoms with Crippen molar-refractivity contribution in [3.05, 3.63) is 82.9 Å². The second-order valence-corrected chi connectivity index (χ2v) is 13.1. The van der Waals surface area contributed by atoms with Gasteiger partial charge in [0.2, 0.25) is 0 Å². The molecule has 0 amide bonds. The number of epoxide rings is 2. The zero-order chi connectivity index (χ0) is 33.4. The number of carbonyl (C=O) groups is 2. The summed E-state index contributed by atoms with van der Waals surface area (Å²) in [5, 5.41) is 0. The highest BCUT2D eigenvalue weighted by Crippen LogP contribution is 2.58. The summed E-state index contributed by atoms with van der Waals surface area (Å²) in [5.74, 6) is 2.16.